The summed E-state index contributed by atoms with van der Waals surface area (Å²) < 4.78 is 60.2. The van der Waals surface area contributed by atoms with Gasteiger partial charge < -0.3 is 26.0 Å². The number of carbonyl (C=O) groups is 1. The summed E-state index contributed by atoms with van der Waals surface area (Å²) in [6, 6.07) is 2.02. The minimum Gasteiger partial charge on any atom is -0.477 e. The van der Waals surface area contributed by atoms with Crippen molar-refractivity contribution in [2.45, 2.75) is 18.9 Å². The second-order valence-corrected chi connectivity index (χ2v) is 8.61. The molecule has 1 saturated heterocycles. The smallest absolute Gasteiger partial charge is 0.341 e. The lowest BCUT2D eigenvalue weighted by atomic mass is 10.0. The highest BCUT2D eigenvalue weighted by molar-refractivity contribution is 6.00. The van der Waals surface area contributed by atoms with Crippen LogP contribution >= 0.6 is 0 Å². The Bertz CT molecular complexity index is 1420. The van der Waals surface area contributed by atoms with E-state index >= 15 is 8.78 Å². The maximum atomic E-state index is 15.9. The van der Waals surface area contributed by atoms with Gasteiger partial charge in [0.15, 0.2) is 11.6 Å². The van der Waals surface area contributed by atoms with E-state index in [9.17, 15) is 23.5 Å². The Morgan fingerprint density at radius 1 is 1.15 bits per heavy atom. The van der Waals surface area contributed by atoms with Gasteiger partial charge in [-0.2, -0.15) is 0 Å². The molecule has 0 radical (unpaired) electrons. The Morgan fingerprint density at radius 2 is 1.85 bits per heavy atom. The van der Waals surface area contributed by atoms with Crippen molar-refractivity contribution in [3.05, 3.63) is 63.5 Å². The first kappa shape index (κ1) is 21.3. The van der Waals surface area contributed by atoms with Crippen molar-refractivity contribution in [3.63, 3.8) is 0 Å². The molecule has 2 fully saturated rings. The van der Waals surface area contributed by atoms with Crippen molar-refractivity contribution >= 4 is 28.2 Å². The van der Waals surface area contributed by atoms with Gasteiger partial charge in [0, 0.05) is 36.8 Å². The fraction of sp³-hybridized carbons (Fsp3) is 0.273. The quantitative estimate of drug-likeness (QED) is 0.407. The molecule has 2 heterocycles. The third-order valence-corrected chi connectivity index (χ3v) is 6.65. The van der Waals surface area contributed by atoms with Crippen LogP contribution in [-0.2, 0) is 0 Å². The van der Waals surface area contributed by atoms with Crippen molar-refractivity contribution < 1.29 is 27.5 Å². The molecule has 1 aliphatic heterocycles. The fourth-order valence-electron chi connectivity index (χ4n) is 4.68. The number of carboxylic acid groups (broad SMARTS) is 1. The SMILES string of the molecule is Nc1c(F)c(N2CC(N)C3(CC3)C2)c(F)c2c1c(=O)c(C(=O)O)cn2-c1ccc(F)cc1F. The molecule has 1 aliphatic carbocycles. The predicted octanol–water partition coefficient (Wildman–Crippen LogP) is 2.75. The van der Waals surface area contributed by atoms with E-state index in [1.807, 2.05) is 0 Å². The third-order valence-electron chi connectivity index (χ3n) is 6.65. The van der Waals surface area contributed by atoms with E-state index in [0.29, 0.717) is 12.3 Å². The number of pyridine rings is 1. The molecule has 0 amide bonds. The summed E-state index contributed by atoms with van der Waals surface area (Å²) in [4.78, 5) is 25.9. The van der Waals surface area contributed by atoms with Gasteiger partial charge in [0.05, 0.1) is 22.3 Å². The molecule has 11 heteroatoms. The molecule has 2 aromatic carbocycles. The number of nitrogens with zero attached hydrogens (tertiary/aromatic N) is 2. The van der Waals surface area contributed by atoms with E-state index in [1.165, 1.54) is 4.90 Å². The molecular weight excluding hydrogens is 444 g/mol. The summed E-state index contributed by atoms with van der Waals surface area (Å²) in [5, 5.41) is 8.69. The number of rotatable bonds is 3. The summed E-state index contributed by atoms with van der Waals surface area (Å²) in [5.74, 6) is -6.23. The molecule has 33 heavy (non-hydrogen) atoms. The summed E-state index contributed by atoms with van der Waals surface area (Å²) >= 11 is 0. The first-order valence-corrected chi connectivity index (χ1v) is 10.1. The monoisotopic (exact) mass is 462 g/mol. The molecule has 172 valence electrons. The zero-order valence-electron chi connectivity index (χ0n) is 17.0. The normalized spacial score (nSPS) is 18.9. The van der Waals surface area contributed by atoms with Crippen molar-refractivity contribution in [1.29, 1.82) is 0 Å². The molecule has 1 unspecified atom stereocenters. The van der Waals surface area contributed by atoms with Crippen LogP contribution < -0.4 is 21.8 Å². The number of halogens is 4. The third kappa shape index (κ3) is 2.99. The van der Waals surface area contributed by atoms with Crippen molar-refractivity contribution in [1.82, 2.24) is 4.57 Å². The van der Waals surface area contributed by atoms with E-state index in [1.54, 1.807) is 0 Å². The number of aromatic nitrogens is 1. The number of benzene rings is 2. The molecule has 3 aromatic rings. The summed E-state index contributed by atoms with van der Waals surface area (Å²) in [6.45, 7) is 0.413. The van der Waals surface area contributed by atoms with Crippen LogP contribution in [0.2, 0.25) is 0 Å². The van der Waals surface area contributed by atoms with Gasteiger partial charge in [-0.15, -0.1) is 0 Å². The summed E-state index contributed by atoms with van der Waals surface area (Å²) in [6.07, 6.45) is 2.33. The molecule has 5 N–H and O–H groups in total. The Morgan fingerprint density at radius 3 is 2.42 bits per heavy atom. The van der Waals surface area contributed by atoms with Crippen molar-refractivity contribution in [2.24, 2.45) is 11.1 Å². The minimum atomic E-state index is -1.70. The summed E-state index contributed by atoms with van der Waals surface area (Å²) in [7, 11) is 0. The molecule has 5 rings (SSSR count). The van der Waals surface area contributed by atoms with Gasteiger partial charge in [-0.1, -0.05) is 0 Å². The molecule has 2 aliphatic rings. The van der Waals surface area contributed by atoms with E-state index in [2.05, 4.69) is 0 Å². The lowest BCUT2D eigenvalue weighted by Gasteiger charge is -2.24. The Hall–Kier alpha value is -3.60. The molecule has 1 aromatic heterocycles. The van der Waals surface area contributed by atoms with Gasteiger partial charge in [0.1, 0.15) is 22.9 Å². The van der Waals surface area contributed by atoms with Gasteiger partial charge in [-0.3, -0.25) is 4.79 Å². The van der Waals surface area contributed by atoms with Gasteiger partial charge in [-0.05, 0) is 25.0 Å². The Labute approximate surface area is 183 Å². The van der Waals surface area contributed by atoms with Crippen LogP contribution in [0.1, 0.15) is 23.2 Å². The van der Waals surface area contributed by atoms with Gasteiger partial charge in [0.2, 0.25) is 5.43 Å². The Balaban J connectivity index is 1.88. The highest BCUT2D eigenvalue weighted by atomic mass is 19.1. The second kappa shape index (κ2) is 6.95. The molecule has 7 nitrogen and oxygen atoms in total. The van der Waals surface area contributed by atoms with Crippen molar-refractivity contribution in [3.8, 4) is 5.69 Å². The maximum absolute atomic E-state index is 15.9. The first-order valence-electron chi connectivity index (χ1n) is 10.1. The van der Waals surface area contributed by atoms with E-state index in [0.717, 1.165) is 29.5 Å². The van der Waals surface area contributed by atoms with Crippen LogP contribution in [0, 0.1) is 28.7 Å². The van der Waals surface area contributed by atoms with Crippen molar-refractivity contribution in [2.75, 3.05) is 23.7 Å². The molecule has 1 saturated carbocycles. The highest BCUT2D eigenvalue weighted by Crippen LogP contribution is 2.53. The largest absolute Gasteiger partial charge is 0.477 e. The Kier molecular flexibility index (Phi) is 4.47. The zero-order valence-corrected chi connectivity index (χ0v) is 17.0. The lowest BCUT2D eigenvalue weighted by molar-refractivity contribution is 0.0695. The number of carboxylic acids is 1. The number of fused-ring (bicyclic) bond motifs is 1. The number of nitrogens with two attached hydrogens (primary N) is 2. The van der Waals surface area contributed by atoms with Crippen LogP contribution in [-0.4, -0.2) is 34.8 Å². The van der Waals surface area contributed by atoms with Crippen LogP contribution in [0.15, 0.2) is 29.2 Å². The van der Waals surface area contributed by atoms with E-state index in [4.69, 9.17) is 11.5 Å². The number of nitrogen functional groups attached to an aromatic ring is 1. The van der Waals surface area contributed by atoms with Gasteiger partial charge in [0.25, 0.3) is 0 Å². The average molecular weight is 462 g/mol. The van der Waals surface area contributed by atoms with Crippen LogP contribution in [0.25, 0.3) is 16.6 Å². The number of hydrogen-bond acceptors (Lipinski definition) is 5. The number of hydrogen-bond donors (Lipinski definition) is 3. The topological polar surface area (TPSA) is 115 Å². The van der Waals surface area contributed by atoms with Gasteiger partial charge in [-0.25, -0.2) is 22.4 Å². The van der Waals surface area contributed by atoms with Crippen LogP contribution in [0.3, 0.4) is 0 Å². The minimum absolute atomic E-state index is 0.140. The predicted molar refractivity (Wildman–Crippen MR) is 113 cm³/mol. The molecular formula is C22H18F4N4O3. The van der Waals surface area contributed by atoms with Crippen LogP contribution in [0.5, 0.6) is 0 Å². The summed E-state index contributed by atoms with van der Waals surface area (Å²) in [5.41, 5.74) is 7.33. The molecule has 0 bridgehead atoms. The standard InChI is InChI=1S/C22H18F4N4O3/c23-9-1-2-12(11(24)5-9)30-6-10(21(32)33)20(31)14-17(28)15(25)19(16(26)18(14)30)29-7-13(27)22(8-29)3-4-22/h1-2,5-6,13H,3-4,7-8,27-28H2,(H,32,33). The maximum Gasteiger partial charge on any atom is 0.341 e. The second-order valence-electron chi connectivity index (χ2n) is 8.61. The molecule has 1 atom stereocenters. The van der Waals surface area contributed by atoms with Gasteiger partial charge >= 0.3 is 5.97 Å². The van der Waals surface area contributed by atoms with E-state index in [-0.39, 0.29) is 24.5 Å². The van der Waals surface area contributed by atoms with E-state index < -0.39 is 68.2 Å². The van der Waals surface area contributed by atoms with Crippen LogP contribution in [0.4, 0.5) is 28.9 Å². The highest BCUT2D eigenvalue weighted by Gasteiger charge is 2.54. The lowest BCUT2D eigenvalue weighted by Crippen LogP contribution is -2.31. The average Bonchev–Trinajstić information content (AvgIpc) is 3.45. The number of aromatic carboxylic acids is 1. The zero-order chi connectivity index (χ0) is 23.8. The fourth-order valence-corrected chi connectivity index (χ4v) is 4.68. The first-order chi connectivity index (χ1) is 15.6. The molecule has 1 spiro atoms. The number of anilines is 2.